The van der Waals surface area contributed by atoms with Crippen LogP contribution in [0.3, 0.4) is 0 Å². The average molecular weight is 608 g/mol. The lowest BCUT2D eigenvalue weighted by Crippen LogP contribution is -2.28. The summed E-state index contributed by atoms with van der Waals surface area (Å²) in [6, 6.07) is 12.2. The summed E-state index contributed by atoms with van der Waals surface area (Å²) in [6.07, 6.45) is -0.744. The van der Waals surface area contributed by atoms with Crippen LogP contribution in [0, 0.1) is 5.92 Å². The molecule has 8 nitrogen and oxygen atoms in total. The van der Waals surface area contributed by atoms with Crippen LogP contribution in [0.4, 0.5) is 13.2 Å². The van der Waals surface area contributed by atoms with Crippen LogP contribution in [0.5, 0.6) is 17.5 Å². The Bertz CT molecular complexity index is 1360. The lowest BCUT2D eigenvalue weighted by molar-refractivity contribution is -0.274. The predicted molar refractivity (Wildman–Crippen MR) is 149 cm³/mol. The molecule has 3 unspecified atom stereocenters. The maximum Gasteiger partial charge on any atom is 0.573 e. The van der Waals surface area contributed by atoms with Gasteiger partial charge in [-0.25, -0.2) is 0 Å². The van der Waals surface area contributed by atoms with Gasteiger partial charge >= 0.3 is 12.4 Å². The first kappa shape index (κ1) is 30.3. The van der Waals surface area contributed by atoms with Crippen molar-refractivity contribution in [1.29, 1.82) is 0 Å². The zero-order valence-corrected chi connectivity index (χ0v) is 23.9. The van der Waals surface area contributed by atoms with Crippen molar-refractivity contribution in [3.05, 3.63) is 70.5 Å². The van der Waals surface area contributed by atoms with Crippen molar-refractivity contribution in [2.45, 2.75) is 64.3 Å². The van der Waals surface area contributed by atoms with E-state index in [2.05, 4.69) is 15.0 Å². The highest BCUT2D eigenvalue weighted by atomic mass is 35.5. The molecule has 2 aliphatic rings. The van der Waals surface area contributed by atoms with Crippen molar-refractivity contribution in [2.24, 2.45) is 5.92 Å². The monoisotopic (exact) mass is 607 g/mol. The topological polar surface area (TPSA) is 83.8 Å². The molecule has 1 aromatic heterocycles. The number of ether oxygens (including phenoxy) is 4. The number of hydrogen-bond donors (Lipinski definition) is 1. The van der Waals surface area contributed by atoms with Crippen LogP contribution < -0.4 is 14.8 Å². The number of nitrogens with one attached hydrogen (secondary N) is 1. The third-order valence-electron chi connectivity index (χ3n) is 7.29. The number of carbonyl (C=O) groups excluding carboxylic acids is 1. The molecule has 3 atom stereocenters. The molecule has 3 aromatic rings. The summed E-state index contributed by atoms with van der Waals surface area (Å²) in [6.45, 7) is 3.83. The fraction of sp³-hybridized carbons (Fsp3) is 0.467. The molecular weight excluding hydrogens is 575 g/mol. The number of aromatic nitrogens is 2. The van der Waals surface area contributed by atoms with Crippen molar-refractivity contribution >= 4 is 17.4 Å². The molecule has 1 fully saturated rings. The number of nitrogens with zero attached hydrogens (tertiary/aromatic N) is 2. The average Bonchev–Trinajstić information content (AvgIpc) is 3.25. The Morgan fingerprint density at radius 1 is 1.14 bits per heavy atom. The standard InChI is InChI=1S/C30H33ClF3N3O5/c1-19-26-27(28(38)21(17-35-19)6-5-15-40-25-9-2-3-14-39-25)37(18-20-10-12-22(31)13-11-20)29(36-26)41-23-7-4-8-24(16-23)42-30(32,33)34/h4,7-8,10-13,16,19,21,25,35H,2-3,5-6,9,14-15,17-18H2,1H3. The number of benzene rings is 2. The van der Waals surface area contributed by atoms with E-state index in [1.807, 2.05) is 19.1 Å². The van der Waals surface area contributed by atoms with E-state index < -0.39 is 12.1 Å². The van der Waals surface area contributed by atoms with Crippen molar-refractivity contribution in [2.75, 3.05) is 19.8 Å². The maximum atomic E-state index is 14.0. The Balaban J connectivity index is 1.41. The second kappa shape index (κ2) is 13.5. The van der Waals surface area contributed by atoms with Crippen molar-refractivity contribution < 1.29 is 36.9 Å². The summed E-state index contributed by atoms with van der Waals surface area (Å²) in [5.41, 5.74) is 1.76. The quantitative estimate of drug-likeness (QED) is 0.247. The fourth-order valence-corrected chi connectivity index (χ4v) is 5.30. The van der Waals surface area contributed by atoms with Gasteiger partial charge < -0.3 is 24.3 Å². The first-order valence-corrected chi connectivity index (χ1v) is 14.4. The molecule has 3 heterocycles. The van der Waals surface area contributed by atoms with Gasteiger partial charge in [-0.2, -0.15) is 4.98 Å². The maximum absolute atomic E-state index is 14.0. The van der Waals surface area contributed by atoms with Crippen LogP contribution in [0.25, 0.3) is 0 Å². The Kier molecular flexibility index (Phi) is 9.72. The molecule has 12 heteroatoms. The lowest BCUT2D eigenvalue weighted by Gasteiger charge is -2.23. The van der Waals surface area contributed by atoms with Crippen molar-refractivity contribution in [3.8, 4) is 17.5 Å². The number of Topliss-reactive ketones (excluding diaryl/α,β-unsaturated/α-hetero) is 1. The minimum Gasteiger partial charge on any atom is -0.425 e. The summed E-state index contributed by atoms with van der Waals surface area (Å²) >= 11 is 6.08. The second-order valence-electron chi connectivity index (χ2n) is 10.5. The van der Waals surface area contributed by atoms with Gasteiger partial charge in [0.25, 0.3) is 0 Å². The Morgan fingerprint density at radius 2 is 1.93 bits per heavy atom. The third-order valence-corrected chi connectivity index (χ3v) is 7.54. The van der Waals surface area contributed by atoms with E-state index in [-0.39, 0.29) is 42.3 Å². The molecule has 0 bridgehead atoms. The van der Waals surface area contributed by atoms with E-state index in [0.717, 1.165) is 30.9 Å². The molecule has 5 rings (SSSR count). The van der Waals surface area contributed by atoms with Crippen LogP contribution in [-0.2, 0) is 16.0 Å². The zero-order chi connectivity index (χ0) is 29.7. The van der Waals surface area contributed by atoms with Crippen molar-refractivity contribution in [1.82, 2.24) is 14.9 Å². The number of alkyl halides is 3. The zero-order valence-electron chi connectivity index (χ0n) is 23.2. The van der Waals surface area contributed by atoms with Crippen LogP contribution in [0.15, 0.2) is 48.5 Å². The van der Waals surface area contributed by atoms with E-state index in [0.29, 0.717) is 49.0 Å². The highest BCUT2D eigenvalue weighted by molar-refractivity contribution is 6.30. The molecule has 0 spiro atoms. The van der Waals surface area contributed by atoms with E-state index >= 15 is 0 Å². The van der Waals surface area contributed by atoms with Gasteiger partial charge in [0.05, 0.1) is 12.2 Å². The molecule has 0 amide bonds. The molecule has 2 aromatic carbocycles. The molecule has 1 N–H and O–H groups in total. The molecule has 1 saturated heterocycles. The number of hydrogen-bond acceptors (Lipinski definition) is 7. The number of carbonyl (C=O) groups is 1. The smallest absolute Gasteiger partial charge is 0.425 e. The summed E-state index contributed by atoms with van der Waals surface area (Å²) in [7, 11) is 0. The molecular formula is C30H33ClF3N3O5. The van der Waals surface area contributed by atoms with Gasteiger partial charge in [0.2, 0.25) is 0 Å². The molecule has 0 aliphatic carbocycles. The minimum atomic E-state index is -4.85. The predicted octanol–water partition coefficient (Wildman–Crippen LogP) is 7.06. The van der Waals surface area contributed by atoms with Gasteiger partial charge in [-0.3, -0.25) is 9.36 Å². The SMILES string of the molecule is CC1NCC(CCCOC2CCCCO2)C(=O)c2c1nc(Oc1cccc(OC(F)(F)F)c1)n2Cc1ccc(Cl)cc1. The lowest BCUT2D eigenvalue weighted by atomic mass is 9.96. The molecule has 0 saturated carbocycles. The molecule has 0 radical (unpaired) electrons. The summed E-state index contributed by atoms with van der Waals surface area (Å²) in [4.78, 5) is 18.7. The molecule has 42 heavy (non-hydrogen) atoms. The first-order chi connectivity index (χ1) is 20.2. The number of ketones is 1. The highest BCUT2D eigenvalue weighted by Gasteiger charge is 2.35. The van der Waals surface area contributed by atoms with Gasteiger partial charge in [-0.05, 0) is 68.9 Å². The van der Waals surface area contributed by atoms with E-state index in [9.17, 15) is 18.0 Å². The molecule has 2 aliphatic heterocycles. The minimum absolute atomic E-state index is 0.0822. The number of imidazole rings is 1. The summed E-state index contributed by atoms with van der Waals surface area (Å²) in [5.74, 6) is -0.756. The number of fused-ring (bicyclic) bond motifs is 1. The van der Waals surface area contributed by atoms with E-state index in [1.54, 1.807) is 16.7 Å². The van der Waals surface area contributed by atoms with Gasteiger partial charge in [0, 0.05) is 42.8 Å². The number of halogens is 4. The second-order valence-corrected chi connectivity index (χ2v) is 10.9. The Labute approximate surface area is 247 Å². The van der Waals surface area contributed by atoms with Crippen LogP contribution in [0.2, 0.25) is 5.02 Å². The van der Waals surface area contributed by atoms with Gasteiger partial charge in [0.1, 0.15) is 17.2 Å². The van der Waals surface area contributed by atoms with Gasteiger partial charge in [-0.15, -0.1) is 13.2 Å². The van der Waals surface area contributed by atoms with Crippen LogP contribution >= 0.6 is 11.6 Å². The first-order valence-electron chi connectivity index (χ1n) is 14.1. The Hall–Kier alpha value is -3.12. The van der Waals surface area contributed by atoms with Crippen LogP contribution in [-0.4, -0.2) is 47.7 Å². The van der Waals surface area contributed by atoms with E-state index in [1.165, 1.54) is 18.2 Å². The summed E-state index contributed by atoms with van der Waals surface area (Å²) in [5, 5.41) is 3.97. The Morgan fingerprint density at radius 3 is 2.67 bits per heavy atom. The third kappa shape index (κ3) is 7.83. The van der Waals surface area contributed by atoms with Gasteiger partial charge in [0.15, 0.2) is 12.1 Å². The normalized spacial score (nSPS) is 21.1. The van der Waals surface area contributed by atoms with Crippen LogP contribution in [0.1, 0.15) is 66.8 Å². The number of rotatable bonds is 10. The fourth-order valence-electron chi connectivity index (χ4n) is 5.17. The highest BCUT2D eigenvalue weighted by Crippen LogP contribution is 2.34. The summed E-state index contributed by atoms with van der Waals surface area (Å²) < 4.78 is 61.7. The molecule has 226 valence electrons. The van der Waals surface area contributed by atoms with E-state index in [4.69, 9.17) is 25.8 Å². The van der Waals surface area contributed by atoms with Crippen molar-refractivity contribution in [3.63, 3.8) is 0 Å². The van der Waals surface area contributed by atoms with Gasteiger partial charge in [-0.1, -0.05) is 29.8 Å². The largest absolute Gasteiger partial charge is 0.573 e.